The zero-order chi connectivity index (χ0) is 11.8. The fourth-order valence-corrected chi connectivity index (χ4v) is 2.17. The van der Waals surface area contributed by atoms with E-state index in [1.807, 2.05) is 0 Å². The number of unbranched alkanes of at least 4 members (excludes halogenated alkanes) is 3. The molecule has 0 spiro atoms. The van der Waals surface area contributed by atoms with Crippen LogP contribution in [0.15, 0.2) is 24.3 Å². The van der Waals surface area contributed by atoms with Gasteiger partial charge in [0, 0.05) is 5.75 Å². The predicted molar refractivity (Wildman–Crippen MR) is 70.5 cm³/mol. The van der Waals surface area contributed by atoms with Crippen LogP contribution >= 0.6 is 0 Å². The van der Waals surface area contributed by atoms with E-state index in [4.69, 9.17) is 5.14 Å². The lowest BCUT2D eigenvalue weighted by Gasteiger charge is -2.02. The average molecular weight is 239 g/mol. The Morgan fingerprint density at radius 2 is 1.69 bits per heavy atom. The van der Waals surface area contributed by atoms with Crippen LogP contribution in [-0.4, -0.2) is 9.96 Å². The molecule has 1 aromatic rings. The van der Waals surface area contributed by atoms with Crippen molar-refractivity contribution in [2.75, 3.05) is 5.75 Å². The molecule has 0 saturated heterocycles. The van der Waals surface area contributed by atoms with Crippen LogP contribution in [0.4, 0.5) is 0 Å². The third-order valence-electron chi connectivity index (χ3n) is 2.68. The Balaban J connectivity index is 2.07. The van der Waals surface area contributed by atoms with E-state index < -0.39 is 11.0 Å². The second-order valence-corrected chi connectivity index (χ2v) is 5.40. The van der Waals surface area contributed by atoms with Gasteiger partial charge in [-0.25, -0.2) is 4.21 Å². The first kappa shape index (κ1) is 13.4. The van der Waals surface area contributed by atoms with E-state index in [1.165, 1.54) is 24.0 Å². The van der Waals surface area contributed by atoms with Crippen LogP contribution in [0, 0.1) is 6.92 Å². The van der Waals surface area contributed by atoms with E-state index in [1.54, 1.807) is 0 Å². The summed E-state index contributed by atoms with van der Waals surface area (Å²) >= 11 is 0. The normalized spacial score (nSPS) is 12.6. The van der Waals surface area contributed by atoms with E-state index in [0.717, 1.165) is 19.3 Å². The van der Waals surface area contributed by atoms with Crippen molar-refractivity contribution in [3.63, 3.8) is 0 Å². The Bertz CT molecular complexity index is 321. The molecule has 0 fully saturated rings. The maximum Gasteiger partial charge on any atom is 0.0887 e. The third-order valence-corrected chi connectivity index (χ3v) is 3.37. The number of nitrogens with two attached hydrogens (primary N) is 1. The van der Waals surface area contributed by atoms with Gasteiger partial charge in [0.2, 0.25) is 0 Å². The molecule has 0 aliphatic rings. The van der Waals surface area contributed by atoms with Gasteiger partial charge in [-0.05, 0) is 31.7 Å². The molecule has 1 atom stereocenters. The average Bonchev–Trinajstić information content (AvgIpc) is 2.25. The van der Waals surface area contributed by atoms with Crippen molar-refractivity contribution in [1.29, 1.82) is 0 Å². The van der Waals surface area contributed by atoms with Crippen LogP contribution in [0.2, 0.25) is 0 Å². The molecule has 1 aromatic carbocycles. The van der Waals surface area contributed by atoms with E-state index in [9.17, 15) is 4.21 Å². The lowest BCUT2D eigenvalue weighted by Crippen LogP contribution is -2.06. The molecule has 0 saturated carbocycles. The smallest absolute Gasteiger partial charge is 0.0887 e. The molecule has 0 heterocycles. The van der Waals surface area contributed by atoms with Crippen molar-refractivity contribution < 1.29 is 4.21 Å². The molecule has 0 amide bonds. The molecule has 0 bridgehead atoms. The molecule has 0 aliphatic heterocycles. The summed E-state index contributed by atoms with van der Waals surface area (Å²) in [6.45, 7) is 2.11. The van der Waals surface area contributed by atoms with Crippen LogP contribution in [-0.2, 0) is 17.4 Å². The van der Waals surface area contributed by atoms with Crippen LogP contribution in [0.25, 0.3) is 0 Å². The number of aryl methyl sites for hydroxylation is 2. The van der Waals surface area contributed by atoms with Gasteiger partial charge in [-0.15, -0.1) is 0 Å². The molecule has 2 N–H and O–H groups in total. The van der Waals surface area contributed by atoms with Gasteiger partial charge >= 0.3 is 0 Å². The minimum atomic E-state index is -1.11. The molecular formula is C13H21NOS. The fraction of sp³-hybridized carbons (Fsp3) is 0.538. The zero-order valence-electron chi connectivity index (χ0n) is 9.95. The van der Waals surface area contributed by atoms with Gasteiger partial charge in [0.15, 0.2) is 0 Å². The Morgan fingerprint density at radius 1 is 1.06 bits per heavy atom. The number of hydrogen-bond acceptors (Lipinski definition) is 1. The van der Waals surface area contributed by atoms with Crippen molar-refractivity contribution in [3.05, 3.63) is 35.4 Å². The highest BCUT2D eigenvalue weighted by Gasteiger charge is 1.95. The van der Waals surface area contributed by atoms with Crippen LogP contribution in [0.1, 0.15) is 36.8 Å². The lowest BCUT2D eigenvalue weighted by atomic mass is 10.1. The van der Waals surface area contributed by atoms with Crippen molar-refractivity contribution in [2.24, 2.45) is 5.14 Å². The van der Waals surface area contributed by atoms with E-state index in [0.29, 0.717) is 5.75 Å². The maximum absolute atomic E-state index is 10.6. The Morgan fingerprint density at radius 3 is 2.31 bits per heavy atom. The van der Waals surface area contributed by atoms with Crippen molar-refractivity contribution in [3.8, 4) is 0 Å². The SMILES string of the molecule is Cc1ccc(CCCCCCS(N)=O)cc1. The van der Waals surface area contributed by atoms with Gasteiger partial charge in [-0.3, -0.25) is 5.14 Å². The van der Waals surface area contributed by atoms with Gasteiger partial charge in [0.05, 0.1) is 11.0 Å². The molecule has 0 radical (unpaired) electrons. The molecule has 2 nitrogen and oxygen atoms in total. The summed E-state index contributed by atoms with van der Waals surface area (Å²) in [6.07, 6.45) is 5.67. The van der Waals surface area contributed by atoms with Gasteiger partial charge in [0.1, 0.15) is 0 Å². The first-order chi connectivity index (χ1) is 7.68. The molecule has 0 aliphatic carbocycles. The highest BCUT2D eigenvalue weighted by Crippen LogP contribution is 2.09. The molecule has 3 heteroatoms. The molecule has 1 unspecified atom stereocenters. The van der Waals surface area contributed by atoms with E-state index in [-0.39, 0.29) is 0 Å². The summed E-state index contributed by atoms with van der Waals surface area (Å²) in [7, 11) is -1.11. The summed E-state index contributed by atoms with van der Waals surface area (Å²) < 4.78 is 10.6. The van der Waals surface area contributed by atoms with Crippen molar-refractivity contribution in [2.45, 2.75) is 39.0 Å². The second kappa shape index (κ2) is 7.58. The summed E-state index contributed by atoms with van der Waals surface area (Å²) in [6, 6.07) is 8.72. The first-order valence-electron chi connectivity index (χ1n) is 5.87. The maximum atomic E-state index is 10.6. The highest BCUT2D eigenvalue weighted by atomic mass is 32.2. The molecule has 16 heavy (non-hydrogen) atoms. The number of benzene rings is 1. The van der Waals surface area contributed by atoms with Gasteiger partial charge in [-0.2, -0.15) is 0 Å². The third kappa shape index (κ3) is 6.03. The van der Waals surface area contributed by atoms with E-state index in [2.05, 4.69) is 31.2 Å². The summed E-state index contributed by atoms with van der Waals surface area (Å²) in [5.41, 5.74) is 2.72. The topological polar surface area (TPSA) is 43.1 Å². The Kier molecular flexibility index (Phi) is 6.34. The van der Waals surface area contributed by atoms with Crippen LogP contribution in [0.5, 0.6) is 0 Å². The highest BCUT2D eigenvalue weighted by molar-refractivity contribution is 7.82. The van der Waals surface area contributed by atoms with Gasteiger partial charge < -0.3 is 0 Å². The monoisotopic (exact) mass is 239 g/mol. The second-order valence-electron chi connectivity index (χ2n) is 4.23. The van der Waals surface area contributed by atoms with Crippen LogP contribution < -0.4 is 5.14 Å². The van der Waals surface area contributed by atoms with E-state index >= 15 is 0 Å². The Hall–Kier alpha value is -0.670. The van der Waals surface area contributed by atoms with Crippen LogP contribution in [0.3, 0.4) is 0 Å². The zero-order valence-corrected chi connectivity index (χ0v) is 10.8. The first-order valence-corrected chi connectivity index (χ1v) is 7.25. The predicted octanol–water partition coefficient (Wildman–Crippen LogP) is 2.72. The lowest BCUT2D eigenvalue weighted by molar-refractivity contribution is 0.655. The van der Waals surface area contributed by atoms with Gasteiger partial charge in [-0.1, -0.05) is 42.7 Å². The summed E-state index contributed by atoms with van der Waals surface area (Å²) in [4.78, 5) is 0. The molecular weight excluding hydrogens is 218 g/mol. The van der Waals surface area contributed by atoms with Gasteiger partial charge in [0.25, 0.3) is 0 Å². The van der Waals surface area contributed by atoms with Crippen molar-refractivity contribution in [1.82, 2.24) is 0 Å². The summed E-state index contributed by atoms with van der Waals surface area (Å²) in [5.74, 6) is 0.643. The summed E-state index contributed by atoms with van der Waals surface area (Å²) in [5, 5.41) is 5.18. The molecule has 90 valence electrons. The quantitative estimate of drug-likeness (QED) is 0.730. The number of hydrogen-bond donors (Lipinski definition) is 1. The molecule has 1 rings (SSSR count). The fourth-order valence-electron chi connectivity index (χ4n) is 1.68. The largest absolute Gasteiger partial charge is 0.252 e. The van der Waals surface area contributed by atoms with Crippen molar-refractivity contribution >= 4 is 11.0 Å². The molecule has 0 aromatic heterocycles. The number of rotatable bonds is 7. The minimum absolute atomic E-state index is 0.643. The minimum Gasteiger partial charge on any atom is -0.252 e. The standard InChI is InChI=1S/C13H21NOS/c1-12-7-9-13(10-8-12)6-4-2-3-5-11-16(14)15/h7-10H,2-6,11,14H2,1H3. The Labute approximate surface area is 101 Å².